The number of hydrogen-bond acceptors (Lipinski definition) is 6. The molecular weight excluding hydrogens is 437 g/mol. The Morgan fingerprint density at radius 3 is 2.59 bits per heavy atom. The normalized spacial score (nSPS) is 20.3. The van der Waals surface area contributed by atoms with E-state index in [1.807, 2.05) is 6.07 Å². The summed E-state index contributed by atoms with van der Waals surface area (Å²) < 4.78 is 26.3. The van der Waals surface area contributed by atoms with Crippen LogP contribution in [0, 0.1) is 5.82 Å². The van der Waals surface area contributed by atoms with Gasteiger partial charge >= 0.3 is 0 Å². The lowest BCUT2D eigenvalue weighted by atomic mass is 10.00. The predicted molar refractivity (Wildman–Crippen MR) is 125 cm³/mol. The molecule has 0 spiro atoms. The Morgan fingerprint density at radius 2 is 1.76 bits per heavy atom. The summed E-state index contributed by atoms with van der Waals surface area (Å²) in [5.74, 6) is -0.705. The number of benzene rings is 2. The number of carbonyl (C=O) groups excluding carboxylic acids is 1. The second-order valence-electron chi connectivity index (χ2n) is 9.35. The molecule has 0 unspecified atom stereocenters. The van der Waals surface area contributed by atoms with E-state index < -0.39 is 17.8 Å². The van der Waals surface area contributed by atoms with Crippen LogP contribution in [-0.2, 0) is 24.2 Å². The van der Waals surface area contributed by atoms with Crippen LogP contribution in [0.1, 0.15) is 27.0 Å². The number of aliphatic hydroxyl groups excluding tert-OH is 1. The molecule has 1 atom stereocenters. The second-order valence-corrected chi connectivity index (χ2v) is 9.35. The van der Waals surface area contributed by atoms with Gasteiger partial charge in [-0.2, -0.15) is 0 Å². The molecule has 2 aromatic rings. The summed E-state index contributed by atoms with van der Waals surface area (Å²) in [7, 11) is 0. The molecule has 0 bridgehead atoms. The van der Waals surface area contributed by atoms with Gasteiger partial charge in [-0.05, 0) is 35.2 Å². The molecule has 0 saturated carbocycles. The number of carbonyl (C=O) groups is 1. The number of amides is 1. The third kappa shape index (κ3) is 5.25. The number of nitrogens with zero attached hydrogens (tertiary/aromatic N) is 3. The van der Waals surface area contributed by atoms with Gasteiger partial charge in [0.05, 0.1) is 25.9 Å². The van der Waals surface area contributed by atoms with Crippen LogP contribution in [-0.4, -0.2) is 90.9 Å². The first-order valence-electron chi connectivity index (χ1n) is 12.1. The number of aliphatic hydroxyl groups is 1. The van der Waals surface area contributed by atoms with Crippen molar-refractivity contribution in [2.24, 2.45) is 0 Å². The summed E-state index contributed by atoms with van der Waals surface area (Å²) in [5, 5.41) is 10.8. The topological polar surface area (TPSA) is 65.5 Å². The lowest BCUT2D eigenvalue weighted by Crippen LogP contribution is -2.44. The zero-order chi connectivity index (χ0) is 23.5. The molecule has 182 valence electrons. The molecule has 3 aliphatic heterocycles. The average molecular weight is 470 g/mol. The fourth-order valence-electron chi connectivity index (χ4n) is 5.08. The fraction of sp³-hybridized carbons (Fsp3) is 0.500. The fourth-order valence-corrected chi connectivity index (χ4v) is 5.08. The van der Waals surface area contributed by atoms with Gasteiger partial charge < -0.3 is 19.5 Å². The summed E-state index contributed by atoms with van der Waals surface area (Å²) in [4.78, 5) is 19.1. The number of β-amino-alcohol motifs (C(OH)–C–C–N with tert-alkyl or cyclic N) is 1. The molecule has 7 nitrogen and oxygen atoms in total. The van der Waals surface area contributed by atoms with Crippen molar-refractivity contribution < 1.29 is 23.8 Å². The molecule has 34 heavy (non-hydrogen) atoms. The highest BCUT2D eigenvalue weighted by atomic mass is 19.1. The molecule has 0 radical (unpaired) electrons. The van der Waals surface area contributed by atoms with Gasteiger partial charge in [-0.1, -0.05) is 24.3 Å². The van der Waals surface area contributed by atoms with E-state index in [9.17, 15) is 9.90 Å². The minimum atomic E-state index is -0.723. The van der Waals surface area contributed by atoms with E-state index in [1.165, 1.54) is 22.1 Å². The molecule has 1 saturated heterocycles. The highest BCUT2D eigenvalue weighted by molar-refractivity contribution is 5.97. The number of ether oxygens (including phenoxy) is 2. The van der Waals surface area contributed by atoms with Crippen molar-refractivity contribution in [3.63, 3.8) is 0 Å². The lowest BCUT2D eigenvalue weighted by molar-refractivity contribution is 0.0341. The Kier molecular flexibility index (Phi) is 7.10. The number of halogens is 1. The van der Waals surface area contributed by atoms with Gasteiger partial charge in [0, 0.05) is 45.8 Å². The molecule has 8 heteroatoms. The average Bonchev–Trinajstić information content (AvgIpc) is 2.98. The van der Waals surface area contributed by atoms with E-state index in [1.54, 1.807) is 6.07 Å². The minimum absolute atomic E-state index is 0.0395. The standard InChI is InChI=1S/C26H32FN3O4/c27-23-13-19(15-28-7-10-33-11-8-28)14-24-25(23)26(32)30(9-12-34-24)18-22(31)17-29-6-5-20-3-1-2-4-21(20)16-29/h1-4,13-14,22,31H,5-12,15-18H2/t22-/m1/s1. The largest absolute Gasteiger partial charge is 0.491 e. The van der Waals surface area contributed by atoms with Crippen LogP contribution < -0.4 is 4.74 Å². The number of rotatable bonds is 6. The first-order chi connectivity index (χ1) is 16.6. The Bertz CT molecular complexity index is 1030. The predicted octanol–water partition coefficient (Wildman–Crippen LogP) is 1.91. The molecular formula is C26H32FN3O4. The Hall–Kier alpha value is -2.52. The van der Waals surface area contributed by atoms with Crippen LogP contribution in [0.5, 0.6) is 5.75 Å². The summed E-state index contributed by atoms with van der Waals surface area (Å²) in [6, 6.07) is 11.6. The van der Waals surface area contributed by atoms with Gasteiger partial charge in [0.1, 0.15) is 23.7 Å². The van der Waals surface area contributed by atoms with Gasteiger partial charge in [0.15, 0.2) is 0 Å². The highest BCUT2D eigenvalue weighted by Gasteiger charge is 2.30. The van der Waals surface area contributed by atoms with Crippen molar-refractivity contribution in [2.75, 3.05) is 59.1 Å². The molecule has 5 rings (SSSR count). The van der Waals surface area contributed by atoms with E-state index in [-0.39, 0.29) is 24.5 Å². The van der Waals surface area contributed by atoms with Gasteiger partial charge in [-0.25, -0.2) is 4.39 Å². The summed E-state index contributed by atoms with van der Waals surface area (Å²) in [6.07, 6.45) is 0.226. The van der Waals surface area contributed by atoms with Crippen molar-refractivity contribution in [3.8, 4) is 5.75 Å². The Balaban J connectivity index is 1.23. The minimum Gasteiger partial charge on any atom is -0.491 e. The summed E-state index contributed by atoms with van der Waals surface area (Å²) in [6.45, 7) is 6.37. The van der Waals surface area contributed by atoms with Crippen LogP contribution in [0.4, 0.5) is 4.39 Å². The van der Waals surface area contributed by atoms with Crippen molar-refractivity contribution in [3.05, 3.63) is 64.5 Å². The third-order valence-electron chi connectivity index (χ3n) is 6.85. The maximum atomic E-state index is 15.1. The molecule has 0 aliphatic carbocycles. The number of morpholine rings is 1. The smallest absolute Gasteiger partial charge is 0.260 e. The van der Waals surface area contributed by atoms with Gasteiger partial charge in [-0.3, -0.25) is 14.6 Å². The maximum Gasteiger partial charge on any atom is 0.260 e. The summed E-state index contributed by atoms with van der Waals surface area (Å²) in [5.41, 5.74) is 3.38. The van der Waals surface area contributed by atoms with E-state index in [2.05, 4.69) is 28.0 Å². The number of hydrogen-bond donors (Lipinski definition) is 1. The van der Waals surface area contributed by atoms with E-state index in [0.717, 1.165) is 38.2 Å². The van der Waals surface area contributed by atoms with Crippen molar-refractivity contribution in [2.45, 2.75) is 25.6 Å². The maximum absolute atomic E-state index is 15.1. The van der Waals surface area contributed by atoms with E-state index in [4.69, 9.17) is 9.47 Å². The van der Waals surface area contributed by atoms with Crippen LogP contribution in [0.3, 0.4) is 0 Å². The molecule has 3 aliphatic rings. The monoisotopic (exact) mass is 469 g/mol. The molecule has 1 fully saturated rings. The molecule has 3 heterocycles. The molecule has 2 aromatic carbocycles. The highest BCUT2D eigenvalue weighted by Crippen LogP contribution is 2.29. The molecule has 0 aromatic heterocycles. The van der Waals surface area contributed by atoms with Gasteiger partial charge in [-0.15, -0.1) is 0 Å². The first kappa shape index (κ1) is 23.2. The first-order valence-corrected chi connectivity index (χ1v) is 12.1. The quantitative estimate of drug-likeness (QED) is 0.698. The Morgan fingerprint density at radius 1 is 0.971 bits per heavy atom. The van der Waals surface area contributed by atoms with Crippen LogP contribution >= 0.6 is 0 Å². The van der Waals surface area contributed by atoms with Gasteiger partial charge in [0.2, 0.25) is 0 Å². The van der Waals surface area contributed by atoms with E-state index in [0.29, 0.717) is 32.8 Å². The van der Waals surface area contributed by atoms with Crippen molar-refractivity contribution in [1.29, 1.82) is 0 Å². The van der Waals surface area contributed by atoms with Gasteiger partial charge in [0.25, 0.3) is 5.91 Å². The molecule has 1 N–H and O–H groups in total. The van der Waals surface area contributed by atoms with E-state index >= 15 is 4.39 Å². The second kappa shape index (κ2) is 10.4. The SMILES string of the molecule is O=C1c2c(F)cc(CN3CCOCC3)cc2OCCN1C[C@H](O)CN1CCc2ccccc2C1. The zero-order valence-corrected chi connectivity index (χ0v) is 19.4. The van der Waals surface area contributed by atoms with Crippen LogP contribution in [0.2, 0.25) is 0 Å². The third-order valence-corrected chi connectivity index (χ3v) is 6.85. The molecule has 1 amide bonds. The van der Waals surface area contributed by atoms with Crippen molar-refractivity contribution >= 4 is 5.91 Å². The van der Waals surface area contributed by atoms with Crippen LogP contribution in [0.15, 0.2) is 36.4 Å². The van der Waals surface area contributed by atoms with Crippen molar-refractivity contribution in [1.82, 2.24) is 14.7 Å². The Labute approximate surface area is 199 Å². The zero-order valence-electron chi connectivity index (χ0n) is 19.4. The van der Waals surface area contributed by atoms with Crippen LogP contribution in [0.25, 0.3) is 0 Å². The lowest BCUT2D eigenvalue weighted by Gasteiger charge is -2.32. The number of fused-ring (bicyclic) bond motifs is 2. The summed E-state index contributed by atoms with van der Waals surface area (Å²) >= 11 is 0.